The first kappa shape index (κ1) is 15.5. The molecule has 1 N–H and O–H groups in total. The average molecular weight is 273 g/mol. The quantitative estimate of drug-likeness (QED) is 0.887. The molecular weight excluding hydrogens is 255 g/mol. The van der Waals surface area contributed by atoms with Crippen LogP contribution in [0.3, 0.4) is 0 Å². The summed E-state index contributed by atoms with van der Waals surface area (Å²) >= 11 is 0. The lowest BCUT2D eigenvalue weighted by atomic mass is 9.97. The number of amides is 1. The highest BCUT2D eigenvalue weighted by molar-refractivity contribution is 5.94. The van der Waals surface area contributed by atoms with Crippen molar-refractivity contribution in [3.05, 3.63) is 34.9 Å². The third kappa shape index (κ3) is 4.26. The Morgan fingerprint density at radius 2 is 1.68 bits per heavy atom. The number of carbonyl (C=O) groups excluding carboxylic acids is 1. The van der Waals surface area contributed by atoms with Crippen LogP contribution >= 0.6 is 0 Å². The van der Waals surface area contributed by atoms with E-state index in [9.17, 15) is 18.0 Å². The summed E-state index contributed by atoms with van der Waals surface area (Å²) in [4.78, 5) is 11.8. The van der Waals surface area contributed by atoms with Crippen molar-refractivity contribution in [3.63, 3.8) is 0 Å². The van der Waals surface area contributed by atoms with Gasteiger partial charge in [0.1, 0.15) is 0 Å². The predicted octanol–water partition coefficient (Wildman–Crippen LogP) is 3.97. The molecule has 2 nitrogen and oxygen atoms in total. The largest absolute Gasteiger partial charge is 0.416 e. The molecule has 0 aliphatic rings. The van der Waals surface area contributed by atoms with Crippen molar-refractivity contribution >= 4 is 5.91 Å². The molecule has 1 aromatic carbocycles. The predicted molar refractivity (Wildman–Crippen MR) is 68.1 cm³/mol. The minimum Gasteiger partial charge on any atom is -0.350 e. The molecule has 0 saturated carbocycles. The maximum atomic E-state index is 12.8. The van der Waals surface area contributed by atoms with Gasteiger partial charge in [-0.3, -0.25) is 4.79 Å². The third-order valence-corrected chi connectivity index (χ3v) is 2.63. The van der Waals surface area contributed by atoms with Gasteiger partial charge in [-0.15, -0.1) is 0 Å². The number of carbonyl (C=O) groups is 1. The molecule has 0 spiro atoms. The Labute approximate surface area is 111 Å². The van der Waals surface area contributed by atoms with Gasteiger partial charge in [0.2, 0.25) is 0 Å². The molecule has 0 heterocycles. The fourth-order valence-electron chi connectivity index (χ4n) is 1.63. The Kier molecular flexibility index (Phi) is 4.61. The molecule has 1 amide bonds. The van der Waals surface area contributed by atoms with Gasteiger partial charge in [-0.2, -0.15) is 13.2 Å². The van der Waals surface area contributed by atoms with Crippen LogP contribution in [0.2, 0.25) is 0 Å². The lowest BCUT2D eigenvalue weighted by Gasteiger charge is -2.15. The Morgan fingerprint density at radius 1 is 1.11 bits per heavy atom. The van der Waals surface area contributed by atoms with Crippen LogP contribution in [-0.4, -0.2) is 11.9 Å². The minimum absolute atomic E-state index is 0.0484. The number of alkyl halides is 3. The SMILES string of the molecule is CC(C)NC(=O)c1cc(C(C)C)cc(C(F)(F)F)c1. The summed E-state index contributed by atoms with van der Waals surface area (Å²) in [7, 11) is 0. The van der Waals surface area contributed by atoms with Crippen molar-refractivity contribution in [2.24, 2.45) is 0 Å². The van der Waals surface area contributed by atoms with Crippen molar-refractivity contribution in [3.8, 4) is 0 Å². The van der Waals surface area contributed by atoms with E-state index in [1.165, 1.54) is 6.07 Å². The van der Waals surface area contributed by atoms with E-state index in [1.54, 1.807) is 27.7 Å². The summed E-state index contributed by atoms with van der Waals surface area (Å²) in [5.41, 5.74) is -0.233. The second-order valence-corrected chi connectivity index (χ2v) is 5.12. The van der Waals surface area contributed by atoms with Crippen molar-refractivity contribution in [1.82, 2.24) is 5.32 Å². The second kappa shape index (κ2) is 5.63. The molecule has 0 aromatic heterocycles. The maximum Gasteiger partial charge on any atom is 0.416 e. The molecule has 0 radical (unpaired) electrons. The monoisotopic (exact) mass is 273 g/mol. The smallest absolute Gasteiger partial charge is 0.350 e. The highest BCUT2D eigenvalue weighted by Gasteiger charge is 2.32. The fourth-order valence-corrected chi connectivity index (χ4v) is 1.63. The van der Waals surface area contributed by atoms with Gasteiger partial charge >= 0.3 is 6.18 Å². The molecule has 0 aliphatic carbocycles. The summed E-state index contributed by atoms with van der Waals surface area (Å²) in [5, 5.41) is 2.60. The first-order valence-corrected chi connectivity index (χ1v) is 6.14. The normalized spacial score (nSPS) is 12.1. The number of hydrogen-bond acceptors (Lipinski definition) is 1. The van der Waals surface area contributed by atoms with E-state index in [4.69, 9.17) is 0 Å². The van der Waals surface area contributed by atoms with Gasteiger partial charge in [-0.05, 0) is 43.5 Å². The van der Waals surface area contributed by atoms with Crippen molar-refractivity contribution < 1.29 is 18.0 Å². The number of rotatable bonds is 3. The van der Waals surface area contributed by atoms with Crippen LogP contribution in [0.15, 0.2) is 18.2 Å². The molecule has 0 atom stereocenters. The minimum atomic E-state index is -4.45. The first-order valence-electron chi connectivity index (χ1n) is 6.14. The zero-order chi connectivity index (χ0) is 14.8. The summed E-state index contributed by atoms with van der Waals surface area (Å²) in [6.45, 7) is 7.10. The van der Waals surface area contributed by atoms with E-state index in [0.717, 1.165) is 12.1 Å². The Bertz CT molecular complexity index is 464. The molecule has 0 saturated heterocycles. The van der Waals surface area contributed by atoms with E-state index in [-0.39, 0.29) is 17.5 Å². The van der Waals surface area contributed by atoms with Crippen molar-refractivity contribution in [2.45, 2.75) is 45.8 Å². The van der Waals surface area contributed by atoms with E-state index in [2.05, 4.69) is 5.32 Å². The zero-order valence-electron chi connectivity index (χ0n) is 11.4. The average Bonchev–Trinajstić information content (AvgIpc) is 2.26. The lowest BCUT2D eigenvalue weighted by Crippen LogP contribution is -2.30. The standard InChI is InChI=1S/C14H18F3NO/c1-8(2)10-5-11(13(19)18-9(3)4)7-12(6-10)14(15,16)17/h5-9H,1-4H3,(H,18,19). The first-order chi connectivity index (χ1) is 8.61. The third-order valence-electron chi connectivity index (χ3n) is 2.63. The van der Waals surface area contributed by atoms with Gasteiger partial charge in [0.25, 0.3) is 5.91 Å². The molecule has 0 aliphatic heterocycles. The summed E-state index contributed by atoms with van der Waals surface area (Å²) in [5.74, 6) is -0.559. The molecule has 0 bridgehead atoms. The van der Waals surface area contributed by atoms with Crippen LogP contribution in [-0.2, 0) is 6.18 Å². The number of hydrogen-bond donors (Lipinski definition) is 1. The van der Waals surface area contributed by atoms with E-state index >= 15 is 0 Å². The van der Waals surface area contributed by atoms with E-state index in [1.807, 2.05) is 0 Å². The van der Waals surface area contributed by atoms with Crippen LogP contribution in [0.4, 0.5) is 13.2 Å². The van der Waals surface area contributed by atoms with Gasteiger partial charge in [-0.1, -0.05) is 13.8 Å². The highest BCUT2D eigenvalue weighted by atomic mass is 19.4. The number of halogens is 3. The topological polar surface area (TPSA) is 29.1 Å². The number of benzene rings is 1. The molecule has 1 rings (SSSR count). The van der Waals surface area contributed by atoms with E-state index < -0.39 is 17.6 Å². The van der Waals surface area contributed by atoms with Gasteiger partial charge in [0.05, 0.1) is 5.56 Å². The lowest BCUT2D eigenvalue weighted by molar-refractivity contribution is -0.137. The van der Waals surface area contributed by atoms with Gasteiger partial charge in [0, 0.05) is 11.6 Å². The summed E-state index contributed by atoms with van der Waals surface area (Å²) < 4.78 is 38.4. The number of nitrogens with one attached hydrogen (secondary N) is 1. The van der Waals surface area contributed by atoms with Gasteiger partial charge in [0.15, 0.2) is 0 Å². The van der Waals surface area contributed by atoms with Crippen LogP contribution < -0.4 is 5.32 Å². The van der Waals surface area contributed by atoms with Crippen LogP contribution in [0.25, 0.3) is 0 Å². The fraction of sp³-hybridized carbons (Fsp3) is 0.500. The molecule has 106 valence electrons. The van der Waals surface area contributed by atoms with Gasteiger partial charge in [-0.25, -0.2) is 0 Å². The highest BCUT2D eigenvalue weighted by Crippen LogP contribution is 2.32. The van der Waals surface area contributed by atoms with Gasteiger partial charge < -0.3 is 5.32 Å². The van der Waals surface area contributed by atoms with Crippen LogP contribution in [0, 0.1) is 0 Å². The Hall–Kier alpha value is -1.52. The molecule has 5 heteroatoms. The molecule has 0 fully saturated rings. The Balaban J connectivity index is 3.25. The Morgan fingerprint density at radius 3 is 2.11 bits per heavy atom. The zero-order valence-corrected chi connectivity index (χ0v) is 11.4. The van der Waals surface area contributed by atoms with Crippen LogP contribution in [0.1, 0.15) is 55.1 Å². The van der Waals surface area contributed by atoms with E-state index in [0.29, 0.717) is 5.56 Å². The molecule has 1 aromatic rings. The summed E-state index contributed by atoms with van der Waals surface area (Å²) in [6.07, 6.45) is -4.45. The maximum absolute atomic E-state index is 12.8. The van der Waals surface area contributed by atoms with Crippen molar-refractivity contribution in [1.29, 1.82) is 0 Å². The van der Waals surface area contributed by atoms with Crippen molar-refractivity contribution in [2.75, 3.05) is 0 Å². The van der Waals surface area contributed by atoms with Crippen LogP contribution in [0.5, 0.6) is 0 Å². The molecule has 19 heavy (non-hydrogen) atoms. The summed E-state index contributed by atoms with van der Waals surface area (Å²) in [6, 6.07) is 3.38. The molecule has 0 unspecified atom stereocenters. The molecular formula is C14H18F3NO. The second-order valence-electron chi connectivity index (χ2n) is 5.12.